The molecule has 0 saturated heterocycles. The second-order valence-electron chi connectivity index (χ2n) is 7.09. The lowest BCUT2D eigenvalue weighted by Gasteiger charge is -2.11. The van der Waals surface area contributed by atoms with E-state index in [0.29, 0.717) is 13.2 Å². The molecule has 2 aromatic heterocycles. The topological polar surface area (TPSA) is 50.3 Å². The zero-order valence-corrected chi connectivity index (χ0v) is 17.4. The Morgan fingerprint density at radius 3 is 2.69 bits per heavy atom. The van der Waals surface area contributed by atoms with Crippen molar-refractivity contribution in [2.75, 3.05) is 32.6 Å². The number of thiazole rings is 1. The Morgan fingerprint density at radius 1 is 1.00 bits per heavy atom. The van der Waals surface area contributed by atoms with Gasteiger partial charge in [-0.15, -0.1) is 0 Å². The van der Waals surface area contributed by atoms with Gasteiger partial charge in [0.1, 0.15) is 12.4 Å². The van der Waals surface area contributed by atoms with E-state index in [4.69, 9.17) is 9.72 Å². The first-order chi connectivity index (χ1) is 14.2. The molecule has 5 nitrogen and oxygen atoms in total. The average Bonchev–Trinajstić information content (AvgIpc) is 3.15. The standard InChI is InChI=1S/C23H24N4OS/c1-27(2)12-13-28-20-5-3-4-17(14-20)16-25-23-26-21-7-6-19(15-22(21)29-23)18-8-10-24-11-9-18/h3-11,14-15H,12-13,16H2,1-2H3,(H,25,26). The molecule has 148 valence electrons. The van der Waals surface area contributed by atoms with Crippen LogP contribution in [0.5, 0.6) is 5.75 Å². The number of hydrogen-bond donors (Lipinski definition) is 1. The van der Waals surface area contributed by atoms with E-state index in [1.54, 1.807) is 11.3 Å². The van der Waals surface area contributed by atoms with Gasteiger partial charge in [-0.25, -0.2) is 4.98 Å². The van der Waals surface area contributed by atoms with Crippen molar-refractivity contribution in [1.29, 1.82) is 0 Å². The number of likely N-dealkylation sites (N-methyl/N-ethyl adjacent to an activating group) is 1. The minimum absolute atomic E-state index is 0.682. The van der Waals surface area contributed by atoms with Gasteiger partial charge in [-0.05, 0) is 67.2 Å². The lowest BCUT2D eigenvalue weighted by Crippen LogP contribution is -2.19. The lowest BCUT2D eigenvalue weighted by atomic mass is 10.1. The number of ether oxygens (including phenoxy) is 1. The summed E-state index contributed by atoms with van der Waals surface area (Å²) in [5.41, 5.74) is 4.52. The van der Waals surface area contributed by atoms with E-state index in [1.807, 2.05) is 50.8 Å². The normalized spacial score (nSPS) is 11.1. The van der Waals surface area contributed by atoms with Crippen molar-refractivity contribution in [3.63, 3.8) is 0 Å². The van der Waals surface area contributed by atoms with Gasteiger partial charge in [0.15, 0.2) is 5.13 Å². The van der Waals surface area contributed by atoms with Crippen LogP contribution in [0.2, 0.25) is 0 Å². The summed E-state index contributed by atoms with van der Waals surface area (Å²) in [6.45, 7) is 2.29. The number of benzene rings is 2. The summed E-state index contributed by atoms with van der Waals surface area (Å²) in [6, 6.07) is 18.6. The quantitative estimate of drug-likeness (QED) is 0.452. The first-order valence-corrected chi connectivity index (χ1v) is 10.4. The molecule has 0 aliphatic carbocycles. The molecule has 0 aliphatic rings. The molecule has 0 amide bonds. The molecule has 0 bridgehead atoms. The molecule has 0 spiro atoms. The largest absolute Gasteiger partial charge is 0.492 e. The molecule has 29 heavy (non-hydrogen) atoms. The highest BCUT2D eigenvalue weighted by Crippen LogP contribution is 2.30. The smallest absolute Gasteiger partial charge is 0.184 e. The molecular weight excluding hydrogens is 380 g/mol. The Kier molecular flexibility index (Phi) is 6.03. The van der Waals surface area contributed by atoms with Gasteiger partial charge in [0, 0.05) is 25.5 Å². The summed E-state index contributed by atoms with van der Waals surface area (Å²) < 4.78 is 6.99. The molecule has 2 aromatic carbocycles. The number of nitrogens with one attached hydrogen (secondary N) is 1. The van der Waals surface area contributed by atoms with Crippen molar-refractivity contribution in [3.05, 3.63) is 72.6 Å². The van der Waals surface area contributed by atoms with Crippen LogP contribution in [0.3, 0.4) is 0 Å². The summed E-state index contributed by atoms with van der Waals surface area (Å²) in [6.07, 6.45) is 3.63. The van der Waals surface area contributed by atoms with Crippen molar-refractivity contribution < 1.29 is 4.74 Å². The highest BCUT2D eigenvalue weighted by molar-refractivity contribution is 7.22. The second-order valence-corrected chi connectivity index (χ2v) is 8.12. The van der Waals surface area contributed by atoms with Crippen LogP contribution in [0, 0.1) is 0 Å². The zero-order valence-electron chi connectivity index (χ0n) is 16.6. The summed E-state index contributed by atoms with van der Waals surface area (Å²) in [5.74, 6) is 0.900. The first-order valence-electron chi connectivity index (χ1n) is 9.59. The van der Waals surface area contributed by atoms with E-state index in [0.717, 1.165) is 28.5 Å². The van der Waals surface area contributed by atoms with E-state index in [2.05, 4.69) is 45.5 Å². The van der Waals surface area contributed by atoms with E-state index in [1.165, 1.54) is 15.8 Å². The lowest BCUT2D eigenvalue weighted by molar-refractivity contribution is 0.261. The van der Waals surface area contributed by atoms with Crippen LogP contribution in [0.1, 0.15) is 5.56 Å². The molecule has 0 saturated carbocycles. The van der Waals surface area contributed by atoms with Crippen LogP contribution < -0.4 is 10.1 Å². The van der Waals surface area contributed by atoms with Crippen molar-refractivity contribution in [1.82, 2.24) is 14.9 Å². The monoisotopic (exact) mass is 404 g/mol. The Morgan fingerprint density at radius 2 is 1.86 bits per heavy atom. The summed E-state index contributed by atoms with van der Waals surface area (Å²) in [5, 5.41) is 4.37. The van der Waals surface area contributed by atoms with Gasteiger partial charge >= 0.3 is 0 Å². The highest BCUT2D eigenvalue weighted by atomic mass is 32.1. The number of aromatic nitrogens is 2. The average molecular weight is 405 g/mol. The molecule has 0 fully saturated rings. The summed E-state index contributed by atoms with van der Waals surface area (Å²) >= 11 is 1.67. The number of rotatable bonds is 8. The molecule has 0 aliphatic heterocycles. The van der Waals surface area contributed by atoms with Crippen LogP contribution in [-0.4, -0.2) is 42.1 Å². The maximum atomic E-state index is 5.83. The third-order valence-corrected chi connectivity index (χ3v) is 5.53. The Labute approximate surface area is 175 Å². The molecule has 4 aromatic rings. The van der Waals surface area contributed by atoms with Crippen LogP contribution >= 0.6 is 11.3 Å². The van der Waals surface area contributed by atoms with Gasteiger partial charge in [-0.2, -0.15) is 0 Å². The van der Waals surface area contributed by atoms with Crippen LogP contribution in [0.25, 0.3) is 21.3 Å². The highest BCUT2D eigenvalue weighted by Gasteiger charge is 2.06. The fourth-order valence-electron chi connectivity index (χ4n) is 2.99. The Hall–Kier alpha value is -2.96. The second kappa shape index (κ2) is 9.03. The van der Waals surface area contributed by atoms with Crippen LogP contribution in [0.15, 0.2) is 67.0 Å². The Balaban J connectivity index is 1.42. The third-order valence-electron chi connectivity index (χ3n) is 4.55. The van der Waals surface area contributed by atoms with Gasteiger partial charge in [-0.1, -0.05) is 29.5 Å². The van der Waals surface area contributed by atoms with Gasteiger partial charge in [0.05, 0.1) is 10.2 Å². The molecule has 6 heteroatoms. The SMILES string of the molecule is CN(C)CCOc1cccc(CNc2nc3ccc(-c4ccncc4)cc3s2)c1. The minimum atomic E-state index is 0.682. The van der Waals surface area contributed by atoms with Crippen LogP contribution in [-0.2, 0) is 6.54 Å². The third kappa shape index (κ3) is 5.10. The van der Waals surface area contributed by atoms with E-state index in [-0.39, 0.29) is 0 Å². The van der Waals surface area contributed by atoms with Crippen molar-refractivity contribution >= 4 is 26.7 Å². The molecular formula is C23H24N4OS. The number of nitrogens with zero attached hydrogens (tertiary/aromatic N) is 3. The summed E-state index contributed by atoms with van der Waals surface area (Å²) in [7, 11) is 4.09. The van der Waals surface area contributed by atoms with E-state index in [9.17, 15) is 0 Å². The molecule has 2 heterocycles. The summed E-state index contributed by atoms with van der Waals surface area (Å²) in [4.78, 5) is 10.9. The first kappa shape index (κ1) is 19.4. The minimum Gasteiger partial charge on any atom is -0.492 e. The fourth-order valence-corrected chi connectivity index (χ4v) is 3.89. The van der Waals surface area contributed by atoms with Gasteiger partial charge in [-0.3, -0.25) is 4.98 Å². The van der Waals surface area contributed by atoms with Gasteiger partial charge in [0.2, 0.25) is 0 Å². The van der Waals surface area contributed by atoms with E-state index < -0.39 is 0 Å². The number of pyridine rings is 1. The van der Waals surface area contributed by atoms with Crippen molar-refractivity contribution in [3.8, 4) is 16.9 Å². The number of fused-ring (bicyclic) bond motifs is 1. The van der Waals surface area contributed by atoms with Crippen molar-refractivity contribution in [2.24, 2.45) is 0 Å². The molecule has 0 atom stereocenters. The van der Waals surface area contributed by atoms with Crippen LogP contribution in [0.4, 0.5) is 5.13 Å². The molecule has 4 rings (SSSR count). The van der Waals surface area contributed by atoms with Gasteiger partial charge < -0.3 is 15.0 Å². The van der Waals surface area contributed by atoms with E-state index >= 15 is 0 Å². The number of anilines is 1. The predicted molar refractivity (Wildman–Crippen MR) is 121 cm³/mol. The van der Waals surface area contributed by atoms with Crippen molar-refractivity contribution in [2.45, 2.75) is 6.54 Å². The number of hydrogen-bond acceptors (Lipinski definition) is 6. The fraction of sp³-hybridized carbons (Fsp3) is 0.217. The molecule has 0 unspecified atom stereocenters. The predicted octanol–water partition coefficient (Wildman–Crippen LogP) is 4.91. The zero-order chi connectivity index (χ0) is 20.1. The molecule has 0 radical (unpaired) electrons. The molecule has 1 N–H and O–H groups in total. The van der Waals surface area contributed by atoms with Gasteiger partial charge in [0.25, 0.3) is 0 Å². The maximum absolute atomic E-state index is 5.83. The maximum Gasteiger partial charge on any atom is 0.184 e. The Bertz CT molecular complexity index is 1080.